The fraction of sp³-hybridized carbons (Fsp3) is 0. The molecule has 0 bridgehead atoms. The summed E-state index contributed by atoms with van der Waals surface area (Å²) >= 11 is 6.28. The monoisotopic (exact) mass is 346 g/mol. The number of nitrogens with zero attached hydrogens (tertiary/aromatic N) is 2. The standard InChI is InChI=1S/2C5H4BrNO/c2*6-5-2-1-3-7(8)4-5/h2*1-4H. The summed E-state index contributed by atoms with van der Waals surface area (Å²) in [5.41, 5.74) is 0. The predicted molar refractivity (Wildman–Crippen MR) is 66.2 cm³/mol. The average Bonchev–Trinajstić information content (AvgIpc) is 2.17. The zero-order chi connectivity index (χ0) is 12.0. The van der Waals surface area contributed by atoms with Crippen molar-refractivity contribution in [3.05, 3.63) is 68.4 Å². The maximum absolute atomic E-state index is 10.4. The van der Waals surface area contributed by atoms with Gasteiger partial charge >= 0.3 is 0 Å². The Balaban J connectivity index is 0.000000160. The molecule has 0 amide bonds. The molecule has 16 heavy (non-hydrogen) atoms. The number of hydrogen-bond donors (Lipinski definition) is 0. The van der Waals surface area contributed by atoms with Crippen LogP contribution in [0, 0.1) is 10.4 Å². The van der Waals surface area contributed by atoms with Gasteiger partial charge in [0, 0.05) is 12.1 Å². The summed E-state index contributed by atoms with van der Waals surface area (Å²) in [7, 11) is 0. The van der Waals surface area contributed by atoms with Crippen molar-refractivity contribution in [2.75, 3.05) is 0 Å². The molecular formula is C10H8Br2N2O2. The van der Waals surface area contributed by atoms with Gasteiger partial charge in [0.15, 0.2) is 24.8 Å². The highest BCUT2D eigenvalue weighted by molar-refractivity contribution is 9.10. The average molecular weight is 348 g/mol. The highest BCUT2D eigenvalue weighted by atomic mass is 79.9. The van der Waals surface area contributed by atoms with Crippen molar-refractivity contribution >= 4 is 31.9 Å². The fourth-order valence-electron chi connectivity index (χ4n) is 0.855. The van der Waals surface area contributed by atoms with E-state index >= 15 is 0 Å². The maximum Gasteiger partial charge on any atom is 0.194 e. The van der Waals surface area contributed by atoms with Gasteiger partial charge in [0.1, 0.15) is 0 Å². The van der Waals surface area contributed by atoms with E-state index in [9.17, 15) is 10.4 Å². The first-order valence-corrected chi connectivity index (χ1v) is 5.85. The number of pyridine rings is 2. The third-order valence-corrected chi connectivity index (χ3v) is 2.42. The van der Waals surface area contributed by atoms with E-state index in [-0.39, 0.29) is 0 Å². The van der Waals surface area contributed by atoms with E-state index in [1.165, 1.54) is 24.8 Å². The first-order chi connectivity index (χ1) is 7.58. The Morgan fingerprint density at radius 2 is 1.19 bits per heavy atom. The molecule has 6 heteroatoms. The molecular weight excluding hydrogens is 340 g/mol. The van der Waals surface area contributed by atoms with Gasteiger partial charge in [-0.3, -0.25) is 0 Å². The lowest BCUT2D eigenvalue weighted by Gasteiger charge is -1.91. The molecule has 2 aromatic heterocycles. The van der Waals surface area contributed by atoms with Crippen molar-refractivity contribution in [1.29, 1.82) is 0 Å². The van der Waals surface area contributed by atoms with Crippen LogP contribution >= 0.6 is 31.9 Å². The minimum Gasteiger partial charge on any atom is -0.619 e. The summed E-state index contributed by atoms with van der Waals surface area (Å²) in [6, 6.07) is 6.96. The molecule has 2 rings (SSSR count). The quantitative estimate of drug-likeness (QED) is 0.541. The third-order valence-electron chi connectivity index (χ3n) is 1.48. The number of rotatable bonds is 0. The van der Waals surface area contributed by atoms with Crippen molar-refractivity contribution in [1.82, 2.24) is 0 Å². The molecule has 84 valence electrons. The van der Waals surface area contributed by atoms with Crippen LogP contribution in [0.1, 0.15) is 0 Å². The van der Waals surface area contributed by atoms with Gasteiger partial charge in [-0.2, -0.15) is 9.46 Å². The minimum atomic E-state index is 0.740. The lowest BCUT2D eigenvalue weighted by molar-refractivity contribution is -0.606. The van der Waals surface area contributed by atoms with E-state index in [2.05, 4.69) is 31.9 Å². The highest BCUT2D eigenvalue weighted by Gasteiger charge is 1.87. The van der Waals surface area contributed by atoms with Crippen LogP contribution in [-0.4, -0.2) is 0 Å². The number of aromatic nitrogens is 2. The zero-order valence-corrected chi connectivity index (χ0v) is 11.3. The maximum atomic E-state index is 10.4. The molecule has 0 N–H and O–H groups in total. The molecule has 0 aromatic carbocycles. The third kappa shape index (κ3) is 5.09. The van der Waals surface area contributed by atoms with E-state index in [4.69, 9.17) is 0 Å². The summed E-state index contributed by atoms with van der Waals surface area (Å²) in [5, 5.41) is 20.8. The number of hydrogen-bond acceptors (Lipinski definition) is 2. The molecule has 0 aliphatic carbocycles. The molecule has 0 saturated heterocycles. The van der Waals surface area contributed by atoms with E-state index < -0.39 is 0 Å². The van der Waals surface area contributed by atoms with Crippen LogP contribution in [0.5, 0.6) is 0 Å². The Morgan fingerprint density at radius 3 is 1.38 bits per heavy atom. The molecule has 2 aromatic rings. The Labute approximate surface area is 110 Å². The molecule has 0 radical (unpaired) electrons. The predicted octanol–water partition coefficient (Wildman–Crippen LogP) is 2.17. The van der Waals surface area contributed by atoms with Crippen LogP contribution < -0.4 is 9.46 Å². The molecule has 0 unspecified atom stereocenters. The summed E-state index contributed by atoms with van der Waals surface area (Å²) in [5.74, 6) is 0. The molecule has 0 spiro atoms. The fourth-order valence-corrected chi connectivity index (χ4v) is 1.56. The molecule has 0 fully saturated rings. The van der Waals surface area contributed by atoms with Crippen molar-refractivity contribution in [2.45, 2.75) is 0 Å². The largest absolute Gasteiger partial charge is 0.619 e. The van der Waals surface area contributed by atoms with Gasteiger partial charge in [0.05, 0.1) is 8.95 Å². The smallest absolute Gasteiger partial charge is 0.194 e. The van der Waals surface area contributed by atoms with E-state index in [0.29, 0.717) is 0 Å². The molecule has 0 atom stereocenters. The van der Waals surface area contributed by atoms with Gasteiger partial charge < -0.3 is 10.4 Å². The van der Waals surface area contributed by atoms with E-state index in [0.717, 1.165) is 18.4 Å². The van der Waals surface area contributed by atoms with E-state index in [1.54, 1.807) is 24.3 Å². The van der Waals surface area contributed by atoms with Crippen molar-refractivity contribution < 1.29 is 9.46 Å². The van der Waals surface area contributed by atoms with Crippen LogP contribution in [0.25, 0.3) is 0 Å². The van der Waals surface area contributed by atoms with Crippen molar-refractivity contribution in [3.8, 4) is 0 Å². The topological polar surface area (TPSA) is 53.9 Å². The molecule has 2 heterocycles. The van der Waals surface area contributed by atoms with Gasteiger partial charge in [0.2, 0.25) is 0 Å². The first-order valence-electron chi connectivity index (χ1n) is 4.26. The number of halogens is 2. The van der Waals surface area contributed by atoms with Gasteiger partial charge in [-0.25, -0.2) is 0 Å². The SMILES string of the molecule is [O-][n+]1cccc(Br)c1.[O-][n+]1cccc(Br)c1. The van der Waals surface area contributed by atoms with Crippen LogP contribution in [-0.2, 0) is 0 Å². The Kier molecular flexibility index (Phi) is 5.21. The van der Waals surface area contributed by atoms with Gasteiger partial charge in [0.25, 0.3) is 0 Å². The van der Waals surface area contributed by atoms with Crippen LogP contribution in [0.15, 0.2) is 58.0 Å². The summed E-state index contributed by atoms with van der Waals surface area (Å²) in [6.07, 6.45) is 5.76. The molecule has 0 aliphatic rings. The van der Waals surface area contributed by atoms with Gasteiger partial charge in [-0.1, -0.05) is 0 Å². The van der Waals surface area contributed by atoms with Crippen molar-refractivity contribution in [2.24, 2.45) is 0 Å². The second kappa shape index (κ2) is 6.44. The van der Waals surface area contributed by atoms with Crippen LogP contribution in [0.3, 0.4) is 0 Å². The zero-order valence-electron chi connectivity index (χ0n) is 8.09. The van der Waals surface area contributed by atoms with Crippen LogP contribution in [0.2, 0.25) is 0 Å². The summed E-state index contributed by atoms with van der Waals surface area (Å²) in [4.78, 5) is 0. The van der Waals surface area contributed by atoms with Crippen LogP contribution in [0.4, 0.5) is 0 Å². The lowest BCUT2D eigenvalue weighted by Crippen LogP contribution is -2.23. The molecule has 0 aliphatic heterocycles. The molecule has 0 saturated carbocycles. The van der Waals surface area contributed by atoms with E-state index in [1.807, 2.05) is 0 Å². The summed E-state index contributed by atoms with van der Waals surface area (Å²) < 4.78 is 3.08. The lowest BCUT2D eigenvalue weighted by atomic mass is 10.5. The van der Waals surface area contributed by atoms with Gasteiger partial charge in [-0.15, -0.1) is 0 Å². The summed E-state index contributed by atoms with van der Waals surface area (Å²) in [6.45, 7) is 0. The molecule has 4 nitrogen and oxygen atoms in total. The highest BCUT2D eigenvalue weighted by Crippen LogP contribution is 2.02. The van der Waals surface area contributed by atoms with Crippen molar-refractivity contribution in [3.63, 3.8) is 0 Å². The van der Waals surface area contributed by atoms with Gasteiger partial charge in [-0.05, 0) is 44.0 Å². The second-order valence-electron chi connectivity index (χ2n) is 2.76. The Bertz CT molecular complexity index is 388. The second-order valence-corrected chi connectivity index (χ2v) is 4.60. The normalized spacial score (nSPS) is 9.12. The first kappa shape index (κ1) is 12.9. The Hall–Kier alpha value is -1.14. The minimum absolute atomic E-state index is 0.740. The Morgan fingerprint density at radius 1 is 0.812 bits per heavy atom.